The minimum atomic E-state index is -0.593. The second kappa shape index (κ2) is 6.03. The van der Waals surface area contributed by atoms with E-state index in [-0.39, 0.29) is 5.78 Å². The average Bonchev–Trinajstić information content (AvgIpc) is 2.49. The first kappa shape index (κ1) is 13.8. The number of carbonyl (C=O) groups excluding carboxylic acids is 1. The Morgan fingerprint density at radius 3 is 2.55 bits per heavy atom. The summed E-state index contributed by atoms with van der Waals surface area (Å²) in [5.41, 5.74) is 2.04. The van der Waals surface area contributed by atoms with Gasteiger partial charge in [-0.3, -0.25) is 4.79 Å². The van der Waals surface area contributed by atoms with Gasteiger partial charge in [0.2, 0.25) is 5.78 Å². The fourth-order valence-corrected chi connectivity index (χ4v) is 1.88. The second-order valence-electron chi connectivity index (χ2n) is 4.58. The molecule has 0 aliphatic rings. The number of rotatable bonds is 4. The summed E-state index contributed by atoms with van der Waals surface area (Å²) in [5, 5.41) is 8.90. The number of ketones is 1. The van der Waals surface area contributed by atoms with Crippen LogP contribution in [0.25, 0.3) is 0 Å². The molecule has 1 atom stereocenters. The maximum Gasteiger partial charge on any atom is 0.202 e. The van der Waals surface area contributed by atoms with Crippen LogP contribution in [0.15, 0.2) is 48.5 Å². The van der Waals surface area contributed by atoms with Crippen LogP contribution in [0, 0.1) is 18.3 Å². The van der Waals surface area contributed by atoms with E-state index in [0.717, 1.165) is 5.56 Å². The molecule has 0 spiro atoms. The summed E-state index contributed by atoms with van der Waals surface area (Å²) < 4.78 is 5.70. The maximum absolute atomic E-state index is 12.2. The van der Waals surface area contributed by atoms with Gasteiger partial charge in [0.15, 0.2) is 6.10 Å². The summed E-state index contributed by atoms with van der Waals surface area (Å²) >= 11 is 0. The predicted molar refractivity (Wildman–Crippen MR) is 76.8 cm³/mol. The molecule has 2 aromatic carbocycles. The molecule has 3 nitrogen and oxygen atoms in total. The second-order valence-corrected chi connectivity index (χ2v) is 4.58. The highest BCUT2D eigenvalue weighted by Crippen LogP contribution is 2.21. The fourth-order valence-electron chi connectivity index (χ4n) is 1.88. The van der Waals surface area contributed by atoms with Crippen LogP contribution in [0.4, 0.5) is 0 Å². The van der Waals surface area contributed by atoms with Crippen LogP contribution in [0.1, 0.15) is 28.4 Å². The summed E-state index contributed by atoms with van der Waals surface area (Å²) in [4.78, 5) is 12.2. The van der Waals surface area contributed by atoms with Crippen molar-refractivity contribution in [2.75, 3.05) is 0 Å². The summed E-state index contributed by atoms with van der Waals surface area (Å²) in [7, 11) is 0. The molecule has 0 radical (unpaired) electrons. The third-order valence-electron chi connectivity index (χ3n) is 3.05. The molecule has 0 saturated carbocycles. The van der Waals surface area contributed by atoms with Crippen LogP contribution >= 0.6 is 0 Å². The molecule has 0 aromatic heterocycles. The molecule has 2 aromatic rings. The van der Waals surface area contributed by atoms with Gasteiger partial charge in [0.05, 0.1) is 11.6 Å². The van der Waals surface area contributed by atoms with Gasteiger partial charge in [-0.1, -0.05) is 36.4 Å². The zero-order chi connectivity index (χ0) is 14.5. The molecule has 0 fully saturated rings. The van der Waals surface area contributed by atoms with E-state index in [1.807, 2.05) is 31.2 Å². The first-order valence-corrected chi connectivity index (χ1v) is 6.38. The zero-order valence-electron chi connectivity index (χ0n) is 11.5. The molecular formula is C17H15NO2. The van der Waals surface area contributed by atoms with E-state index in [9.17, 15) is 4.79 Å². The number of aryl methyl sites for hydroxylation is 1. The molecule has 0 saturated heterocycles. The molecule has 0 heterocycles. The van der Waals surface area contributed by atoms with Gasteiger partial charge in [-0.2, -0.15) is 5.26 Å². The van der Waals surface area contributed by atoms with Crippen LogP contribution in [0.5, 0.6) is 5.75 Å². The Bertz CT molecular complexity index is 656. The van der Waals surface area contributed by atoms with Gasteiger partial charge >= 0.3 is 0 Å². The van der Waals surface area contributed by atoms with Gasteiger partial charge in [-0.15, -0.1) is 0 Å². The highest BCUT2D eigenvalue weighted by atomic mass is 16.5. The van der Waals surface area contributed by atoms with E-state index in [1.165, 1.54) is 0 Å². The Kier molecular flexibility index (Phi) is 4.17. The number of nitrogens with zero attached hydrogens (tertiary/aromatic N) is 1. The standard InChI is InChI=1S/C17H15NO2/c1-12-8-9-14(11-18)10-16(12)20-13(2)17(19)15-6-4-3-5-7-15/h3-10,13H,1-2H3. The Morgan fingerprint density at radius 1 is 1.20 bits per heavy atom. The first-order valence-electron chi connectivity index (χ1n) is 6.38. The number of hydrogen-bond donors (Lipinski definition) is 0. The molecule has 0 N–H and O–H groups in total. The van der Waals surface area contributed by atoms with Crippen LogP contribution in [-0.2, 0) is 0 Å². The molecule has 20 heavy (non-hydrogen) atoms. The Balaban J connectivity index is 2.18. The van der Waals surface area contributed by atoms with E-state index in [1.54, 1.807) is 31.2 Å². The monoisotopic (exact) mass is 265 g/mol. The summed E-state index contributed by atoms with van der Waals surface area (Å²) in [6.07, 6.45) is -0.593. The number of ether oxygens (including phenoxy) is 1. The molecule has 3 heteroatoms. The Morgan fingerprint density at radius 2 is 1.90 bits per heavy atom. The van der Waals surface area contributed by atoms with Gasteiger partial charge in [-0.05, 0) is 31.5 Å². The van der Waals surface area contributed by atoms with Crippen molar-refractivity contribution in [3.63, 3.8) is 0 Å². The quantitative estimate of drug-likeness (QED) is 0.795. The Labute approximate surface area is 118 Å². The van der Waals surface area contributed by atoms with Gasteiger partial charge < -0.3 is 4.74 Å². The lowest BCUT2D eigenvalue weighted by atomic mass is 10.1. The summed E-state index contributed by atoms with van der Waals surface area (Å²) in [6.45, 7) is 3.60. The zero-order valence-corrected chi connectivity index (χ0v) is 11.5. The van der Waals surface area contributed by atoms with Gasteiger partial charge in [0.25, 0.3) is 0 Å². The van der Waals surface area contributed by atoms with Crippen molar-refractivity contribution >= 4 is 5.78 Å². The predicted octanol–water partition coefficient (Wildman–Crippen LogP) is 3.52. The van der Waals surface area contributed by atoms with Crippen LogP contribution in [-0.4, -0.2) is 11.9 Å². The van der Waals surface area contributed by atoms with Gasteiger partial charge in [0, 0.05) is 5.56 Å². The van der Waals surface area contributed by atoms with E-state index in [2.05, 4.69) is 6.07 Å². The van der Waals surface area contributed by atoms with E-state index in [4.69, 9.17) is 10.00 Å². The first-order chi connectivity index (χ1) is 9.61. The fraction of sp³-hybridized carbons (Fsp3) is 0.176. The van der Waals surface area contributed by atoms with Crippen molar-refractivity contribution in [2.24, 2.45) is 0 Å². The minimum absolute atomic E-state index is 0.0765. The molecule has 2 rings (SSSR count). The maximum atomic E-state index is 12.2. The SMILES string of the molecule is Cc1ccc(C#N)cc1OC(C)C(=O)c1ccccc1. The topological polar surface area (TPSA) is 50.1 Å². The minimum Gasteiger partial charge on any atom is -0.482 e. The van der Waals surface area contributed by atoms with E-state index >= 15 is 0 Å². The lowest BCUT2D eigenvalue weighted by Crippen LogP contribution is -2.24. The molecule has 1 unspecified atom stereocenters. The highest BCUT2D eigenvalue weighted by Gasteiger charge is 2.17. The third-order valence-corrected chi connectivity index (χ3v) is 3.05. The van der Waals surface area contributed by atoms with Crippen LogP contribution in [0.2, 0.25) is 0 Å². The lowest BCUT2D eigenvalue weighted by molar-refractivity contribution is 0.0817. The van der Waals surface area contributed by atoms with Crippen LogP contribution in [0.3, 0.4) is 0 Å². The number of benzene rings is 2. The molecule has 0 bridgehead atoms. The van der Waals surface area contributed by atoms with Gasteiger partial charge in [-0.25, -0.2) is 0 Å². The normalized spacial score (nSPS) is 11.4. The third kappa shape index (κ3) is 3.04. The smallest absolute Gasteiger partial charge is 0.202 e. The number of carbonyl (C=O) groups is 1. The van der Waals surface area contributed by atoms with Crippen molar-refractivity contribution in [3.05, 3.63) is 65.2 Å². The summed E-state index contributed by atoms with van der Waals surface area (Å²) in [5.74, 6) is 0.494. The van der Waals surface area contributed by atoms with E-state index in [0.29, 0.717) is 16.9 Å². The lowest BCUT2D eigenvalue weighted by Gasteiger charge is -2.15. The number of hydrogen-bond acceptors (Lipinski definition) is 3. The number of nitriles is 1. The van der Waals surface area contributed by atoms with Crippen molar-refractivity contribution in [1.82, 2.24) is 0 Å². The number of Topliss-reactive ketones (excluding diaryl/α,β-unsaturated/α-hetero) is 1. The van der Waals surface area contributed by atoms with Crippen LogP contribution < -0.4 is 4.74 Å². The summed E-state index contributed by atoms with van der Waals surface area (Å²) in [6, 6.07) is 16.3. The van der Waals surface area contributed by atoms with Crippen molar-refractivity contribution < 1.29 is 9.53 Å². The van der Waals surface area contributed by atoms with Gasteiger partial charge in [0.1, 0.15) is 5.75 Å². The Hall–Kier alpha value is -2.60. The van der Waals surface area contributed by atoms with E-state index < -0.39 is 6.10 Å². The van der Waals surface area contributed by atoms with Crippen molar-refractivity contribution in [2.45, 2.75) is 20.0 Å². The molecule has 0 aliphatic carbocycles. The molecular weight excluding hydrogens is 250 g/mol. The molecule has 100 valence electrons. The highest BCUT2D eigenvalue weighted by molar-refractivity contribution is 5.99. The largest absolute Gasteiger partial charge is 0.482 e. The molecule has 0 amide bonds. The van der Waals surface area contributed by atoms with Crippen molar-refractivity contribution in [3.8, 4) is 11.8 Å². The average molecular weight is 265 g/mol. The molecule has 0 aliphatic heterocycles. The van der Waals surface area contributed by atoms with Crippen molar-refractivity contribution in [1.29, 1.82) is 5.26 Å².